The number of aldehydes is 1. The van der Waals surface area contributed by atoms with Crippen molar-refractivity contribution in [2.45, 2.75) is 45.2 Å². The predicted molar refractivity (Wildman–Crippen MR) is 54.7 cm³/mol. The van der Waals surface area contributed by atoms with E-state index in [0.29, 0.717) is 12.1 Å². The highest BCUT2D eigenvalue weighted by atomic mass is 16.1. The van der Waals surface area contributed by atoms with Crippen molar-refractivity contribution in [2.75, 3.05) is 6.54 Å². The molecule has 0 spiro atoms. The van der Waals surface area contributed by atoms with Gasteiger partial charge in [0.2, 0.25) is 0 Å². The van der Waals surface area contributed by atoms with Crippen LogP contribution in [0.15, 0.2) is 12.2 Å². The molecule has 0 saturated carbocycles. The van der Waals surface area contributed by atoms with E-state index in [-0.39, 0.29) is 0 Å². The van der Waals surface area contributed by atoms with Crippen LogP contribution >= 0.6 is 0 Å². The zero-order chi connectivity index (χ0) is 9.68. The van der Waals surface area contributed by atoms with Crippen molar-refractivity contribution in [3.05, 3.63) is 12.2 Å². The summed E-state index contributed by atoms with van der Waals surface area (Å²) in [6, 6.07) is 1.30. The lowest BCUT2D eigenvalue weighted by molar-refractivity contribution is -0.104. The van der Waals surface area contributed by atoms with Crippen LogP contribution in [0, 0.1) is 0 Å². The number of carbonyl (C=O) groups excluding carboxylic acids is 1. The molecule has 13 heavy (non-hydrogen) atoms. The maximum atomic E-state index is 10.1. The number of allylic oxidation sites excluding steroid dienone is 1. The molecule has 2 nitrogen and oxygen atoms in total. The van der Waals surface area contributed by atoms with E-state index in [4.69, 9.17) is 0 Å². The summed E-state index contributed by atoms with van der Waals surface area (Å²) < 4.78 is 0. The van der Waals surface area contributed by atoms with E-state index in [1.54, 1.807) is 6.08 Å². The first-order valence-corrected chi connectivity index (χ1v) is 5.11. The molecular weight excluding hydrogens is 162 g/mol. The zero-order valence-corrected chi connectivity index (χ0v) is 8.57. The molecule has 1 fully saturated rings. The summed E-state index contributed by atoms with van der Waals surface area (Å²) in [7, 11) is 0. The summed E-state index contributed by atoms with van der Waals surface area (Å²) in [5, 5.41) is 0. The van der Waals surface area contributed by atoms with E-state index < -0.39 is 0 Å². The molecule has 1 aliphatic heterocycles. The molecule has 1 rings (SSSR count). The fourth-order valence-electron chi connectivity index (χ4n) is 2.08. The van der Waals surface area contributed by atoms with Gasteiger partial charge >= 0.3 is 0 Å². The molecule has 1 saturated heterocycles. The zero-order valence-electron chi connectivity index (χ0n) is 8.57. The van der Waals surface area contributed by atoms with Crippen LogP contribution in [0.4, 0.5) is 0 Å². The van der Waals surface area contributed by atoms with E-state index in [1.165, 1.54) is 19.4 Å². The number of hydrogen-bond acceptors (Lipinski definition) is 2. The molecule has 1 aliphatic rings. The van der Waals surface area contributed by atoms with Gasteiger partial charge in [-0.1, -0.05) is 6.08 Å². The van der Waals surface area contributed by atoms with Crippen LogP contribution in [0.3, 0.4) is 0 Å². The van der Waals surface area contributed by atoms with Crippen LogP contribution in [0.1, 0.15) is 33.1 Å². The van der Waals surface area contributed by atoms with Crippen LogP contribution in [-0.2, 0) is 4.79 Å². The Morgan fingerprint density at radius 2 is 2.31 bits per heavy atom. The van der Waals surface area contributed by atoms with Gasteiger partial charge in [0.1, 0.15) is 6.29 Å². The molecule has 0 aliphatic carbocycles. The van der Waals surface area contributed by atoms with Gasteiger partial charge in [0, 0.05) is 12.1 Å². The normalized spacial score (nSPS) is 24.7. The Balaban J connectivity index is 2.39. The molecule has 1 heterocycles. The molecule has 1 unspecified atom stereocenters. The highest BCUT2D eigenvalue weighted by Gasteiger charge is 2.24. The van der Waals surface area contributed by atoms with Crippen LogP contribution in [0.5, 0.6) is 0 Å². The molecule has 0 radical (unpaired) electrons. The number of carbonyl (C=O) groups is 1. The number of hydrogen-bond donors (Lipinski definition) is 0. The number of likely N-dealkylation sites (tertiary alicyclic amines) is 1. The van der Waals surface area contributed by atoms with E-state index in [1.807, 2.05) is 6.08 Å². The van der Waals surface area contributed by atoms with E-state index >= 15 is 0 Å². The van der Waals surface area contributed by atoms with Crippen molar-refractivity contribution in [1.82, 2.24) is 4.90 Å². The van der Waals surface area contributed by atoms with Gasteiger partial charge < -0.3 is 0 Å². The van der Waals surface area contributed by atoms with Crippen molar-refractivity contribution in [3.63, 3.8) is 0 Å². The Morgan fingerprint density at radius 3 is 2.92 bits per heavy atom. The van der Waals surface area contributed by atoms with Crippen molar-refractivity contribution in [3.8, 4) is 0 Å². The Kier molecular flexibility index (Phi) is 4.16. The SMILES string of the molecule is CC(C)N1CCCC1C/C=C\C=O. The topological polar surface area (TPSA) is 20.3 Å². The monoisotopic (exact) mass is 181 g/mol. The second-order valence-corrected chi connectivity index (χ2v) is 3.93. The van der Waals surface area contributed by atoms with E-state index in [9.17, 15) is 4.79 Å². The largest absolute Gasteiger partial charge is 0.299 e. The maximum absolute atomic E-state index is 10.1. The number of rotatable bonds is 4. The molecule has 0 bridgehead atoms. The van der Waals surface area contributed by atoms with Crippen molar-refractivity contribution >= 4 is 6.29 Å². The number of nitrogens with zero attached hydrogens (tertiary/aromatic N) is 1. The van der Waals surface area contributed by atoms with Crippen LogP contribution in [0.2, 0.25) is 0 Å². The summed E-state index contributed by atoms with van der Waals surface area (Å²) in [5.74, 6) is 0. The van der Waals surface area contributed by atoms with Crippen molar-refractivity contribution in [2.24, 2.45) is 0 Å². The minimum absolute atomic E-state index is 0.636. The average molecular weight is 181 g/mol. The fraction of sp³-hybridized carbons (Fsp3) is 0.727. The molecule has 0 amide bonds. The maximum Gasteiger partial charge on any atom is 0.142 e. The lowest BCUT2D eigenvalue weighted by Gasteiger charge is -2.27. The van der Waals surface area contributed by atoms with Gasteiger partial charge in [0.05, 0.1) is 0 Å². The first kappa shape index (κ1) is 10.5. The Labute approximate surface area is 80.6 Å². The molecule has 0 aromatic heterocycles. The smallest absolute Gasteiger partial charge is 0.142 e. The highest BCUT2D eigenvalue weighted by molar-refractivity contribution is 5.64. The standard InChI is InChI=1S/C11H19NO/c1-10(2)12-8-5-7-11(12)6-3-4-9-13/h3-4,9-11H,5-8H2,1-2H3/b4-3-. The Hall–Kier alpha value is -0.630. The molecular formula is C11H19NO. The van der Waals surface area contributed by atoms with Gasteiger partial charge in [0.15, 0.2) is 0 Å². The summed E-state index contributed by atoms with van der Waals surface area (Å²) in [6.07, 6.45) is 8.06. The molecule has 0 aromatic carbocycles. The first-order chi connectivity index (χ1) is 6.25. The third kappa shape index (κ3) is 2.96. The van der Waals surface area contributed by atoms with Gasteiger partial charge in [0.25, 0.3) is 0 Å². The van der Waals surface area contributed by atoms with Crippen molar-refractivity contribution in [1.29, 1.82) is 0 Å². The minimum Gasteiger partial charge on any atom is -0.299 e. The summed E-state index contributed by atoms with van der Waals surface area (Å²) in [5.41, 5.74) is 0. The summed E-state index contributed by atoms with van der Waals surface area (Å²) in [6.45, 7) is 5.70. The molecule has 2 heteroatoms. The second-order valence-electron chi connectivity index (χ2n) is 3.93. The van der Waals surface area contributed by atoms with Gasteiger partial charge in [-0.15, -0.1) is 0 Å². The highest BCUT2D eigenvalue weighted by Crippen LogP contribution is 2.22. The third-order valence-electron chi connectivity index (χ3n) is 2.71. The van der Waals surface area contributed by atoms with Crippen molar-refractivity contribution < 1.29 is 4.79 Å². The lowest BCUT2D eigenvalue weighted by Crippen LogP contribution is -2.35. The van der Waals surface area contributed by atoms with E-state index in [2.05, 4.69) is 18.7 Å². The lowest BCUT2D eigenvalue weighted by atomic mass is 10.1. The third-order valence-corrected chi connectivity index (χ3v) is 2.71. The van der Waals surface area contributed by atoms with Gasteiger partial charge in [-0.25, -0.2) is 0 Å². The van der Waals surface area contributed by atoms with Gasteiger partial charge in [-0.3, -0.25) is 9.69 Å². The average Bonchev–Trinajstić information content (AvgIpc) is 2.53. The van der Waals surface area contributed by atoms with Crippen LogP contribution < -0.4 is 0 Å². The minimum atomic E-state index is 0.636. The van der Waals surface area contributed by atoms with Gasteiger partial charge in [-0.2, -0.15) is 0 Å². The summed E-state index contributed by atoms with van der Waals surface area (Å²) in [4.78, 5) is 12.6. The predicted octanol–water partition coefficient (Wildman–Crippen LogP) is 2.00. The summed E-state index contributed by atoms with van der Waals surface area (Å²) >= 11 is 0. The molecule has 0 N–H and O–H groups in total. The fourth-order valence-corrected chi connectivity index (χ4v) is 2.08. The van der Waals surface area contributed by atoms with E-state index in [0.717, 1.165) is 12.7 Å². The first-order valence-electron chi connectivity index (χ1n) is 5.11. The second kappa shape index (κ2) is 5.18. The van der Waals surface area contributed by atoms with Crippen LogP contribution in [0.25, 0.3) is 0 Å². The van der Waals surface area contributed by atoms with Crippen LogP contribution in [-0.4, -0.2) is 29.8 Å². The quantitative estimate of drug-likeness (QED) is 0.488. The molecule has 1 atom stereocenters. The molecule has 0 aromatic rings. The van der Waals surface area contributed by atoms with Gasteiger partial charge in [-0.05, 0) is 45.7 Å². The Bertz CT molecular complexity index is 187. The molecule has 74 valence electrons. The Morgan fingerprint density at radius 1 is 1.54 bits per heavy atom.